The number of thioether (sulfide) groups is 1. The van der Waals surface area contributed by atoms with Crippen LogP contribution >= 0.6 is 11.8 Å². The lowest BCUT2D eigenvalue weighted by molar-refractivity contribution is 0.0600. The topological polar surface area (TPSA) is 72.2 Å². The molecule has 1 aromatic heterocycles. The van der Waals surface area contributed by atoms with Gasteiger partial charge in [-0.15, -0.1) is 11.8 Å². The van der Waals surface area contributed by atoms with Crippen molar-refractivity contribution in [3.8, 4) is 6.07 Å². The zero-order chi connectivity index (χ0) is 17.5. The maximum atomic E-state index is 11.4. The summed E-state index contributed by atoms with van der Waals surface area (Å²) in [4.78, 5) is 15.9. The molecule has 0 saturated carbocycles. The van der Waals surface area contributed by atoms with E-state index in [1.807, 2.05) is 25.1 Å². The van der Waals surface area contributed by atoms with Crippen molar-refractivity contribution in [2.75, 3.05) is 14.2 Å². The monoisotopic (exact) mass is 342 g/mol. The first-order valence-electron chi connectivity index (χ1n) is 7.28. The largest absolute Gasteiger partial charge is 0.465 e. The molecule has 0 aliphatic carbocycles. The van der Waals surface area contributed by atoms with Gasteiger partial charge in [0.15, 0.2) is 0 Å². The van der Waals surface area contributed by atoms with E-state index in [2.05, 4.69) is 15.8 Å². The zero-order valence-electron chi connectivity index (χ0n) is 13.8. The van der Waals surface area contributed by atoms with Crippen LogP contribution in [0.5, 0.6) is 0 Å². The van der Waals surface area contributed by atoms with Gasteiger partial charge in [0.25, 0.3) is 0 Å². The number of nitriles is 1. The molecule has 0 aliphatic heterocycles. The van der Waals surface area contributed by atoms with Crippen molar-refractivity contribution in [3.05, 3.63) is 58.3 Å². The van der Waals surface area contributed by atoms with Gasteiger partial charge in [0, 0.05) is 18.6 Å². The molecule has 0 spiro atoms. The third kappa shape index (κ3) is 4.34. The number of hydrogen-bond donors (Lipinski definition) is 0. The minimum Gasteiger partial charge on any atom is -0.465 e. The number of hydrogen-bond acceptors (Lipinski definition) is 6. The van der Waals surface area contributed by atoms with Crippen molar-refractivity contribution in [2.45, 2.75) is 24.3 Å². The number of ether oxygens (including phenoxy) is 2. The van der Waals surface area contributed by atoms with Gasteiger partial charge in [-0.2, -0.15) is 5.26 Å². The maximum Gasteiger partial charge on any atom is 0.337 e. The number of esters is 1. The van der Waals surface area contributed by atoms with Gasteiger partial charge in [0.2, 0.25) is 0 Å². The number of carbonyl (C=O) groups is 1. The van der Waals surface area contributed by atoms with Crippen molar-refractivity contribution in [1.82, 2.24) is 4.98 Å². The molecule has 1 aromatic carbocycles. The molecule has 0 fully saturated rings. The highest BCUT2D eigenvalue weighted by atomic mass is 32.2. The number of aromatic nitrogens is 1. The minimum atomic E-state index is -0.356. The third-order valence-electron chi connectivity index (χ3n) is 3.36. The molecule has 0 saturated heterocycles. The van der Waals surface area contributed by atoms with Crippen LogP contribution in [0, 0.1) is 18.3 Å². The summed E-state index contributed by atoms with van der Waals surface area (Å²) in [5, 5.41) is 10.1. The van der Waals surface area contributed by atoms with Gasteiger partial charge < -0.3 is 9.47 Å². The first-order valence-corrected chi connectivity index (χ1v) is 8.27. The molecule has 0 N–H and O–H groups in total. The Labute approximate surface area is 145 Å². The summed E-state index contributed by atoms with van der Waals surface area (Å²) >= 11 is 1.49. The Morgan fingerprint density at radius 3 is 2.58 bits per heavy atom. The highest BCUT2D eigenvalue weighted by Crippen LogP contribution is 2.27. The molecule has 6 heteroatoms. The number of rotatable bonds is 6. The molecule has 0 amide bonds. The van der Waals surface area contributed by atoms with Crippen LogP contribution in [0.1, 0.15) is 32.7 Å². The van der Waals surface area contributed by atoms with Crippen molar-refractivity contribution in [1.29, 1.82) is 5.26 Å². The summed E-state index contributed by atoms with van der Waals surface area (Å²) < 4.78 is 9.84. The van der Waals surface area contributed by atoms with E-state index in [0.717, 1.165) is 16.8 Å². The number of pyridine rings is 1. The molecule has 0 atom stereocenters. The van der Waals surface area contributed by atoms with Gasteiger partial charge in [-0.1, -0.05) is 12.1 Å². The second kappa shape index (κ2) is 8.48. The first-order chi connectivity index (χ1) is 11.6. The van der Waals surface area contributed by atoms with Crippen molar-refractivity contribution < 1.29 is 14.3 Å². The Balaban J connectivity index is 2.17. The highest BCUT2D eigenvalue weighted by molar-refractivity contribution is 7.98. The van der Waals surface area contributed by atoms with E-state index in [1.165, 1.54) is 18.9 Å². The summed E-state index contributed by atoms with van der Waals surface area (Å²) in [7, 11) is 2.96. The van der Waals surface area contributed by atoms with Gasteiger partial charge in [-0.3, -0.25) is 0 Å². The average molecular weight is 342 g/mol. The van der Waals surface area contributed by atoms with Crippen LogP contribution in [0.4, 0.5) is 0 Å². The molecule has 2 aromatic rings. The van der Waals surface area contributed by atoms with Gasteiger partial charge in [0.1, 0.15) is 11.1 Å². The second-order valence-electron chi connectivity index (χ2n) is 5.12. The summed E-state index contributed by atoms with van der Waals surface area (Å²) in [6, 6.07) is 11.3. The van der Waals surface area contributed by atoms with E-state index in [9.17, 15) is 10.1 Å². The second-order valence-corrected chi connectivity index (χ2v) is 6.09. The quantitative estimate of drug-likeness (QED) is 0.591. The predicted octanol–water partition coefficient (Wildman–Crippen LogP) is 3.49. The molecule has 0 unspecified atom stereocenters. The number of carbonyl (C=O) groups excluding carboxylic acids is 1. The Morgan fingerprint density at radius 2 is 2.00 bits per heavy atom. The van der Waals surface area contributed by atoms with Crippen LogP contribution in [0.25, 0.3) is 0 Å². The molecule has 1 heterocycles. The van der Waals surface area contributed by atoms with Crippen LogP contribution in [0.3, 0.4) is 0 Å². The van der Waals surface area contributed by atoms with Crippen LogP contribution < -0.4 is 0 Å². The van der Waals surface area contributed by atoms with Crippen molar-refractivity contribution in [2.24, 2.45) is 0 Å². The lowest BCUT2D eigenvalue weighted by Crippen LogP contribution is -2.01. The lowest BCUT2D eigenvalue weighted by atomic mass is 10.1. The van der Waals surface area contributed by atoms with Gasteiger partial charge in [-0.25, -0.2) is 9.78 Å². The summed E-state index contributed by atoms with van der Waals surface area (Å²) in [5.74, 6) is 0.296. The van der Waals surface area contributed by atoms with Gasteiger partial charge in [0.05, 0.1) is 24.8 Å². The Morgan fingerprint density at radius 1 is 1.29 bits per heavy atom. The van der Waals surface area contributed by atoms with Crippen LogP contribution in [0.2, 0.25) is 0 Å². The molecule has 0 bridgehead atoms. The molecule has 0 aliphatic rings. The zero-order valence-corrected chi connectivity index (χ0v) is 14.6. The summed E-state index contributed by atoms with van der Waals surface area (Å²) in [5.41, 5.74) is 3.80. The highest BCUT2D eigenvalue weighted by Gasteiger charge is 2.12. The Hall–Kier alpha value is -2.36. The molecular formula is C18H18N2O3S. The van der Waals surface area contributed by atoms with E-state index in [-0.39, 0.29) is 5.97 Å². The summed E-state index contributed by atoms with van der Waals surface area (Å²) in [6.45, 7) is 2.28. The fraction of sp³-hybridized carbons (Fsp3) is 0.278. The number of methoxy groups -OCH3 is 2. The normalized spacial score (nSPS) is 10.2. The fourth-order valence-corrected chi connectivity index (χ4v) is 3.24. The Kier molecular flexibility index (Phi) is 6.36. The summed E-state index contributed by atoms with van der Waals surface area (Å²) in [6.07, 6.45) is 0. The van der Waals surface area contributed by atoms with Crippen LogP contribution in [-0.4, -0.2) is 25.2 Å². The number of benzene rings is 1. The van der Waals surface area contributed by atoms with Crippen LogP contribution in [-0.2, 0) is 21.8 Å². The van der Waals surface area contributed by atoms with E-state index in [4.69, 9.17) is 4.74 Å². The SMILES string of the molecule is COCc1cc(C)nc(SCc2ccc(C(=O)OC)cc2)c1C#N. The molecule has 24 heavy (non-hydrogen) atoms. The molecule has 5 nitrogen and oxygen atoms in total. The van der Waals surface area contributed by atoms with Crippen LogP contribution in [0.15, 0.2) is 35.4 Å². The molecule has 0 radical (unpaired) electrons. The minimum absolute atomic E-state index is 0.356. The predicted molar refractivity (Wildman–Crippen MR) is 91.7 cm³/mol. The third-order valence-corrected chi connectivity index (χ3v) is 4.40. The number of nitrogens with zero attached hydrogens (tertiary/aromatic N) is 2. The lowest BCUT2D eigenvalue weighted by Gasteiger charge is -2.10. The smallest absolute Gasteiger partial charge is 0.337 e. The van der Waals surface area contributed by atoms with Gasteiger partial charge in [-0.05, 0) is 36.2 Å². The van der Waals surface area contributed by atoms with E-state index in [0.29, 0.717) is 28.5 Å². The Bertz CT molecular complexity index is 767. The standard InChI is InChI=1S/C18H18N2O3S/c1-12-8-15(10-22-2)16(9-19)17(20-12)24-11-13-4-6-14(7-5-13)18(21)23-3/h4-8H,10-11H2,1-3H3. The van der Waals surface area contributed by atoms with Crippen molar-refractivity contribution >= 4 is 17.7 Å². The fourth-order valence-electron chi connectivity index (χ4n) is 2.21. The molecule has 2 rings (SSSR count). The first kappa shape index (κ1) is 18.0. The average Bonchev–Trinajstić information content (AvgIpc) is 2.59. The van der Waals surface area contributed by atoms with E-state index >= 15 is 0 Å². The van der Waals surface area contributed by atoms with Gasteiger partial charge >= 0.3 is 5.97 Å². The van der Waals surface area contributed by atoms with E-state index < -0.39 is 0 Å². The maximum absolute atomic E-state index is 11.4. The van der Waals surface area contributed by atoms with Crippen molar-refractivity contribution in [3.63, 3.8) is 0 Å². The molecule has 124 valence electrons. The number of aryl methyl sites for hydroxylation is 1. The van der Waals surface area contributed by atoms with E-state index in [1.54, 1.807) is 19.2 Å². The molecular weight excluding hydrogens is 324 g/mol.